The number of halogens is 1. The molecule has 5 heteroatoms. The maximum Gasteiger partial charge on any atom is 0.190 e. The summed E-state index contributed by atoms with van der Waals surface area (Å²) in [5.41, 5.74) is 5.54. The van der Waals surface area contributed by atoms with Gasteiger partial charge in [0.25, 0.3) is 0 Å². The maximum atomic E-state index is 5.54. The van der Waals surface area contributed by atoms with Crippen LogP contribution in [0.15, 0.2) is 4.99 Å². The molecule has 0 aliphatic carbocycles. The van der Waals surface area contributed by atoms with Crippen LogP contribution in [0.2, 0.25) is 0 Å². The van der Waals surface area contributed by atoms with E-state index in [4.69, 9.17) is 10.5 Å². The predicted molar refractivity (Wildman–Crippen MR) is 62.1 cm³/mol. The molecule has 1 unspecified atom stereocenters. The molecule has 0 aliphatic heterocycles. The number of methoxy groups -OCH3 is 1. The van der Waals surface area contributed by atoms with Gasteiger partial charge in [0.15, 0.2) is 5.96 Å². The van der Waals surface area contributed by atoms with Crippen molar-refractivity contribution in [1.82, 2.24) is 4.90 Å². The number of nitrogens with two attached hydrogens (primary N) is 1. The zero-order valence-electron chi connectivity index (χ0n) is 8.07. The first-order valence-electron chi connectivity index (χ1n) is 3.58. The minimum absolute atomic E-state index is 0. The van der Waals surface area contributed by atoms with E-state index < -0.39 is 0 Å². The first-order valence-corrected chi connectivity index (χ1v) is 3.58. The fraction of sp³-hybridized carbons (Fsp3) is 0.857. The van der Waals surface area contributed by atoms with E-state index in [0.29, 0.717) is 12.5 Å². The number of hydrogen-bond acceptors (Lipinski definition) is 2. The molecule has 2 N–H and O–H groups in total. The Morgan fingerprint density at radius 2 is 2.08 bits per heavy atom. The SMILES string of the molecule is COC(C)CN=C(N)N(C)C.I. The molecule has 0 amide bonds. The average molecular weight is 287 g/mol. The standard InChI is InChI=1S/C7H17N3O.HI/c1-6(11-4)5-9-7(8)10(2)3;/h6H,5H2,1-4H3,(H2,8,9);1H. The molecular formula is C7H18IN3O. The minimum Gasteiger partial charge on any atom is -0.380 e. The van der Waals surface area contributed by atoms with Crippen LogP contribution in [0.4, 0.5) is 0 Å². The third-order valence-corrected chi connectivity index (χ3v) is 1.37. The van der Waals surface area contributed by atoms with Crippen LogP contribution in [0.5, 0.6) is 0 Å². The van der Waals surface area contributed by atoms with Crippen LogP contribution in [0.25, 0.3) is 0 Å². The van der Waals surface area contributed by atoms with Gasteiger partial charge < -0.3 is 15.4 Å². The molecule has 0 bridgehead atoms. The molecule has 74 valence electrons. The lowest BCUT2D eigenvalue weighted by Crippen LogP contribution is -2.31. The topological polar surface area (TPSA) is 50.9 Å². The monoisotopic (exact) mass is 287 g/mol. The van der Waals surface area contributed by atoms with Gasteiger partial charge in [-0.15, -0.1) is 24.0 Å². The molecular weight excluding hydrogens is 269 g/mol. The predicted octanol–water partition coefficient (Wildman–Crippen LogP) is 0.516. The molecule has 0 aromatic carbocycles. The number of rotatable bonds is 3. The fourth-order valence-corrected chi connectivity index (χ4v) is 0.438. The summed E-state index contributed by atoms with van der Waals surface area (Å²) in [6, 6.07) is 0. The lowest BCUT2D eigenvalue weighted by Gasteiger charge is -2.11. The Kier molecular flexibility index (Phi) is 9.17. The van der Waals surface area contributed by atoms with Crippen LogP contribution in [0.3, 0.4) is 0 Å². The molecule has 0 saturated carbocycles. The van der Waals surface area contributed by atoms with Crippen molar-refractivity contribution in [2.75, 3.05) is 27.7 Å². The van der Waals surface area contributed by atoms with Gasteiger partial charge in [-0.05, 0) is 6.92 Å². The number of hydrogen-bond donors (Lipinski definition) is 1. The molecule has 0 aliphatic rings. The molecule has 0 fully saturated rings. The van der Waals surface area contributed by atoms with Crippen molar-refractivity contribution in [3.63, 3.8) is 0 Å². The van der Waals surface area contributed by atoms with Gasteiger partial charge in [0, 0.05) is 21.2 Å². The maximum absolute atomic E-state index is 5.54. The van der Waals surface area contributed by atoms with Gasteiger partial charge in [0.2, 0.25) is 0 Å². The Labute approximate surface area is 91.2 Å². The minimum atomic E-state index is 0. The second-order valence-electron chi connectivity index (χ2n) is 2.64. The van der Waals surface area contributed by atoms with E-state index in [1.165, 1.54) is 0 Å². The summed E-state index contributed by atoms with van der Waals surface area (Å²) in [5, 5.41) is 0. The van der Waals surface area contributed by atoms with Crippen LogP contribution in [0.1, 0.15) is 6.92 Å². The molecule has 0 radical (unpaired) electrons. The van der Waals surface area contributed by atoms with E-state index in [1.807, 2.05) is 21.0 Å². The molecule has 0 rings (SSSR count). The van der Waals surface area contributed by atoms with Crippen LogP contribution in [-0.2, 0) is 4.74 Å². The normalized spacial score (nSPS) is 13.5. The van der Waals surface area contributed by atoms with E-state index in [-0.39, 0.29) is 30.1 Å². The van der Waals surface area contributed by atoms with Crippen molar-refractivity contribution >= 4 is 29.9 Å². The van der Waals surface area contributed by atoms with E-state index in [0.717, 1.165) is 0 Å². The van der Waals surface area contributed by atoms with E-state index in [9.17, 15) is 0 Å². The number of ether oxygens (including phenoxy) is 1. The zero-order chi connectivity index (χ0) is 8.85. The van der Waals surface area contributed by atoms with Gasteiger partial charge in [-0.25, -0.2) is 0 Å². The van der Waals surface area contributed by atoms with E-state index >= 15 is 0 Å². The number of guanidine groups is 1. The van der Waals surface area contributed by atoms with Gasteiger partial charge in [-0.1, -0.05) is 0 Å². The van der Waals surface area contributed by atoms with Crippen LogP contribution < -0.4 is 5.73 Å². The van der Waals surface area contributed by atoms with Crippen molar-refractivity contribution in [3.8, 4) is 0 Å². The fourth-order valence-electron chi connectivity index (χ4n) is 0.438. The first kappa shape index (κ1) is 14.5. The molecule has 0 saturated heterocycles. The van der Waals surface area contributed by atoms with Crippen molar-refractivity contribution in [1.29, 1.82) is 0 Å². The highest BCUT2D eigenvalue weighted by molar-refractivity contribution is 14.0. The largest absolute Gasteiger partial charge is 0.380 e. The highest BCUT2D eigenvalue weighted by Gasteiger charge is 1.98. The summed E-state index contributed by atoms with van der Waals surface area (Å²) < 4.78 is 5.00. The average Bonchev–Trinajstić information content (AvgIpc) is 1.99. The Balaban J connectivity index is 0. The molecule has 0 heterocycles. The lowest BCUT2D eigenvalue weighted by molar-refractivity contribution is 0.125. The Morgan fingerprint density at radius 1 is 1.58 bits per heavy atom. The van der Waals surface area contributed by atoms with Crippen molar-refractivity contribution in [3.05, 3.63) is 0 Å². The van der Waals surface area contributed by atoms with Gasteiger partial charge in [-0.2, -0.15) is 0 Å². The van der Waals surface area contributed by atoms with Gasteiger partial charge in [-0.3, -0.25) is 4.99 Å². The third-order valence-electron chi connectivity index (χ3n) is 1.37. The van der Waals surface area contributed by atoms with Gasteiger partial charge in [0.05, 0.1) is 12.6 Å². The van der Waals surface area contributed by atoms with Crippen molar-refractivity contribution in [2.45, 2.75) is 13.0 Å². The summed E-state index contributed by atoms with van der Waals surface area (Å²) in [7, 11) is 5.37. The Hall–Kier alpha value is -0.0400. The summed E-state index contributed by atoms with van der Waals surface area (Å²) in [5.74, 6) is 0.536. The Morgan fingerprint density at radius 3 is 2.42 bits per heavy atom. The zero-order valence-corrected chi connectivity index (χ0v) is 10.4. The Bertz CT molecular complexity index is 139. The summed E-state index contributed by atoms with van der Waals surface area (Å²) in [4.78, 5) is 5.86. The summed E-state index contributed by atoms with van der Waals surface area (Å²) in [6.45, 7) is 2.56. The van der Waals surface area contributed by atoms with Crippen LogP contribution >= 0.6 is 24.0 Å². The molecule has 1 atom stereocenters. The summed E-state index contributed by atoms with van der Waals surface area (Å²) >= 11 is 0. The summed E-state index contributed by atoms with van der Waals surface area (Å²) in [6.07, 6.45) is 0.133. The molecule has 0 spiro atoms. The van der Waals surface area contributed by atoms with E-state index in [2.05, 4.69) is 4.99 Å². The lowest BCUT2D eigenvalue weighted by atomic mass is 10.4. The highest BCUT2D eigenvalue weighted by atomic mass is 127. The number of aliphatic imine (C=N–C) groups is 1. The van der Waals surface area contributed by atoms with Gasteiger partial charge >= 0.3 is 0 Å². The van der Waals surface area contributed by atoms with Gasteiger partial charge in [0.1, 0.15) is 0 Å². The molecule has 12 heavy (non-hydrogen) atoms. The van der Waals surface area contributed by atoms with Crippen LogP contribution in [0, 0.1) is 0 Å². The van der Waals surface area contributed by atoms with Crippen molar-refractivity contribution < 1.29 is 4.74 Å². The van der Waals surface area contributed by atoms with Crippen LogP contribution in [-0.4, -0.2) is 44.7 Å². The second-order valence-corrected chi connectivity index (χ2v) is 2.64. The quantitative estimate of drug-likeness (QED) is 0.467. The highest BCUT2D eigenvalue weighted by Crippen LogP contribution is 1.88. The smallest absolute Gasteiger partial charge is 0.190 e. The second kappa shape index (κ2) is 7.60. The molecule has 0 aromatic rings. The third kappa shape index (κ3) is 6.66. The van der Waals surface area contributed by atoms with Crippen molar-refractivity contribution in [2.24, 2.45) is 10.7 Å². The van der Waals surface area contributed by atoms with E-state index in [1.54, 1.807) is 12.0 Å². The molecule has 4 nitrogen and oxygen atoms in total. The number of nitrogens with zero attached hydrogens (tertiary/aromatic N) is 2. The molecule has 0 aromatic heterocycles. The first-order chi connectivity index (χ1) is 5.07.